The zero-order chi connectivity index (χ0) is 10.2. The van der Waals surface area contributed by atoms with E-state index >= 15 is 0 Å². The number of hydrogen-bond donors (Lipinski definition) is 1. The smallest absolute Gasteiger partial charge is 0.0488 e. The Morgan fingerprint density at radius 1 is 1.14 bits per heavy atom. The lowest BCUT2D eigenvalue weighted by atomic mass is 10.2. The average molecular weight is 193 g/mol. The van der Waals surface area contributed by atoms with Gasteiger partial charge in [-0.25, -0.2) is 0 Å². The van der Waals surface area contributed by atoms with Gasteiger partial charge in [0, 0.05) is 13.1 Å². The van der Waals surface area contributed by atoms with Gasteiger partial charge in [-0.1, -0.05) is 50.1 Å². The average Bonchev–Trinajstić information content (AvgIpc) is 2.20. The molecule has 0 amide bonds. The summed E-state index contributed by atoms with van der Waals surface area (Å²) < 4.78 is 0. The van der Waals surface area contributed by atoms with E-state index < -0.39 is 0 Å². The normalized spacial score (nSPS) is 10.8. The summed E-state index contributed by atoms with van der Waals surface area (Å²) in [5.74, 6) is 0. The number of rotatable bonds is 6. The first-order valence-electron chi connectivity index (χ1n) is 5.30. The molecule has 0 heterocycles. The number of hydrogen-bond acceptors (Lipinski definition) is 2. The summed E-state index contributed by atoms with van der Waals surface area (Å²) in [4.78, 5) is 0. The largest absolute Gasteiger partial charge is 0.314 e. The van der Waals surface area contributed by atoms with Gasteiger partial charge in [0.05, 0.1) is 0 Å². The Labute approximate surface area is 86.1 Å². The van der Waals surface area contributed by atoms with Crippen LogP contribution >= 0.6 is 0 Å². The molecule has 0 spiro atoms. The molecular weight excluding hydrogens is 174 g/mol. The molecule has 0 saturated carbocycles. The van der Waals surface area contributed by atoms with Gasteiger partial charge in [-0.3, -0.25) is 0 Å². The second-order valence-corrected chi connectivity index (χ2v) is 3.58. The summed E-state index contributed by atoms with van der Waals surface area (Å²) in [5.41, 5.74) is 1.16. The lowest BCUT2D eigenvalue weighted by Gasteiger charge is -2.14. The summed E-state index contributed by atoms with van der Waals surface area (Å²) in [6, 6.07) is 10.0. The van der Waals surface area contributed by atoms with Crippen molar-refractivity contribution < 1.29 is 5.21 Å². The van der Waals surface area contributed by atoms with Crippen LogP contribution in [-0.4, -0.2) is 16.8 Å². The topological polar surface area (TPSA) is 23.5 Å². The minimum atomic E-state index is 0.630. The van der Waals surface area contributed by atoms with E-state index in [0.717, 1.165) is 18.5 Å². The van der Waals surface area contributed by atoms with Crippen molar-refractivity contribution in [1.29, 1.82) is 0 Å². The minimum absolute atomic E-state index is 0.630. The van der Waals surface area contributed by atoms with E-state index in [4.69, 9.17) is 0 Å². The van der Waals surface area contributed by atoms with E-state index in [9.17, 15) is 5.21 Å². The molecule has 0 fully saturated rings. The van der Waals surface area contributed by atoms with Gasteiger partial charge in [0.2, 0.25) is 0 Å². The predicted molar refractivity (Wildman–Crippen MR) is 58.2 cm³/mol. The van der Waals surface area contributed by atoms with E-state index in [2.05, 4.69) is 6.92 Å². The van der Waals surface area contributed by atoms with E-state index in [1.54, 1.807) is 0 Å². The number of benzene rings is 1. The molecule has 0 unspecified atom stereocenters. The summed E-state index contributed by atoms with van der Waals surface area (Å²) in [7, 11) is 0. The molecule has 2 heteroatoms. The molecule has 1 aromatic rings. The van der Waals surface area contributed by atoms with Crippen LogP contribution in [0.5, 0.6) is 0 Å². The van der Waals surface area contributed by atoms with Crippen LogP contribution in [0.4, 0.5) is 0 Å². The third-order valence-corrected chi connectivity index (χ3v) is 2.23. The Kier molecular flexibility index (Phi) is 5.27. The highest BCUT2D eigenvalue weighted by Gasteiger charge is 2.00. The SMILES string of the molecule is CCCCCN(O)Cc1ccccc1. The van der Waals surface area contributed by atoms with Crippen LogP contribution in [0.15, 0.2) is 30.3 Å². The highest BCUT2D eigenvalue weighted by molar-refractivity contribution is 5.13. The highest BCUT2D eigenvalue weighted by atomic mass is 16.5. The molecule has 1 rings (SSSR count). The third kappa shape index (κ3) is 4.40. The van der Waals surface area contributed by atoms with Crippen molar-refractivity contribution in [2.45, 2.75) is 32.7 Å². The van der Waals surface area contributed by atoms with Crippen LogP contribution in [0.25, 0.3) is 0 Å². The Hall–Kier alpha value is -0.860. The zero-order valence-corrected chi connectivity index (χ0v) is 8.82. The molecule has 1 aromatic carbocycles. The Morgan fingerprint density at radius 2 is 1.86 bits per heavy atom. The maximum atomic E-state index is 9.56. The van der Waals surface area contributed by atoms with E-state index in [0.29, 0.717) is 6.54 Å². The molecule has 14 heavy (non-hydrogen) atoms. The van der Waals surface area contributed by atoms with Crippen LogP contribution in [0.1, 0.15) is 31.7 Å². The van der Waals surface area contributed by atoms with Crippen molar-refractivity contribution in [3.05, 3.63) is 35.9 Å². The monoisotopic (exact) mass is 193 g/mol. The van der Waals surface area contributed by atoms with E-state index in [1.165, 1.54) is 17.9 Å². The van der Waals surface area contributed by atoms with Gasteiger partial charge in [0.1, 0.15) is 0 Å². The van der Waals surface area contributed by atoms with Crippen molar-refractivity contribution in [2.75, 3.05) is 6.54 Å². The van der Waals surface area contributed by atoms with Crippen molar-refractivity contribution in [3.63, 3.8) is 0 Å². The van der Waals surface area contributed by atoms with Gasteiger partial charge in [-0.2, -0.15) is 5.06 Å². The fourth-order valence-electron chi connectivity index (χ4n) is 1.42. The number of unbranched alkanes of at least 4 members (excludes halogenated alkanes) is 2. The van der Waals surface area contributed by atoms with Crippen LogP contribution < -0.4 is 0 Å². The van der Waals surface area contributed by atoms with E-state index in [-0.39, 0.29) is 0 Å². The molecule has 0 saturated heterocycles. The molecule has 0 atom stereocenters. The van der Waals surface area contributed by atoms with Gasteiger partial charge in [0.25, 0.3) is 0 Å². The van der Waals surface area contributed by atoms with Gasteiger partial charge in [0.15, 0.2) is 0 Å². The lowest BCUT2D eigenvalue weighted by molar-refractivity contribution is -0.100. The van der Waals surface area contributed by atoms with Crippen LogP contribution in [0.3, 0.4) is 0 Å². The molecule has 0 aromatic heterocycles. The molecule has 0 aliphatic rings. The Bertz CT molecular complexity index is 235. The van der Waals surface area contributed by atoms with Crippen LogP contribution in [-0.2, 0) is 6.54 Å². The fraction of sp³-hybridized carbons (Fsp3) is 0.500. The molecule has 0 radical (unpaired) electrons. The quantitative estimate of drug-likeness (QED) is 0.554. The Balaban J connectivity index is 2.23. The first-order chi connectivity index (χ1) is 6.83. The number of nitrogens with zero attached hydrogens (tertiary/aromatic N) is 1. The third-order valence-electron chi connectivity index (χ3n) is 2.23. The van der Waals surface area contributed by atoms with Crippen molar-refractivity contribution in [1.82, 2.24) is 5.06 Å². The summed E-state index contributed by atoms with van der Waals surface area (Å²) >= 11 is 0. The second kappa shape index (κ2) is 6.57. The lowest BCUT2D eigenvalue weighted by Crippen LogP contribution is -2.19. The molecule has 0 aliphatic carbocycles. The van der Waals surface area contributed by atoms with E-state index in [1.807, 2.05) is 30.3 Å². The second-order valence-electron chi connectivity index (χ2n) is 3.58. The summed E-state index contributed by atoms with van der Waals surface area (Å²) in [5, 5.41) is 11.0. The summed E-state index contributed by atoms with van der Waals surface area (Å²) in [6.07, 6.45) is 3.45. The maximum Gasteiger partial charge on any atom is 0.0488 e. The van der Waals surface area contributed by atoms with Gasteiger partial charge >= 0.3 is 0 Å². The van der Waals surface area contributed by atoms with Gasteiger partial charge in [-0.05, 0) is 12.0 Å². The zero-order valence-electron chi connectivity index (χ0n) is 8.82. The highest BCUT2D eigenvalue weighted by Crippen LogP contribution is 2.03. The Morgan fingerprint density at radius 3 is 2.50 bits per heavy atom. The van der Waals surface area contributed by atoms with Gasteiger partial charge < -0.3 is 5.21 Å². The molecule has 78 valence electrons. The number of hydroxylamine groups is 2. The molecule has 2 nitrogen and oxygen atoms in total. The molecule has 0 aliphatic heterocycles. The van der Waals surface area contributed by atoms with Gasteiger partial charge in [-0.15, -0.1) is 0 Å². The minimum Gasteiger partial charge on any atom is -0.314 e. The standard InChI is InChI=1S/C12H19NO/c1-2-3-7-10-13(14)11-12-8-5-4-6-9-12/h4-6,8-9,14H,2-3,7,10-11H2,1H3. The van der Waals surface area contributed by atoms with Crippen molar-refractivity contribution in [3.8, 4) is 0 Å². The van der Waals surface area contributed by atoms with Crippen LogP contribution in [0, 0.1) is 0 Å². The molecule has 0 bridgehead atoms. The first-order valence-corrected chi connectivity index (χ1v) is 5.30. The molecule has 1 N–H and O–H groups in total. The van der Waals surface area contributed by atoms with Crippen molar-refractivity contribution in [2.24, 2.45) is 0 Å². The van der Waals surface area contributed by atoms with Crippen LogP contribution in [0.2, 0.25) is 0 Å². The maximum absolute atomic E-state index is 9.56. The first kappa shape index (κ1) is 11.2. The fourth-order valence-corrected chi connectivity index (χ4v) is 1.42. The summed E-state index contributed by atoms with van der Waals surface area (Å²) in [6.45, 7) is 3.56. The predicted octanol–water partition coefficient (Wildman–Crippen LogP) is 3.07. The molecular formula is C12H19NO. The van der Waals surface area contributed by atoms with Crippen molar-refractivity contribution >= 4 is 0 Å².